The van der Waals surface area contributed by atoms with Crippen LogP contribution in [0.4, 0.5) is 5.82 Å². The van der Waals surface area contributed by atoms with E-state index in [0.29, 0.717) is 22.5 Å². The number of rotatable bonds is 2. The van der Waals surface area contributed by atoms with Crippen molar-refractivity contribution >= 4 is 22.7 Å². The molecule has 2 aromatic rings. The SMILES string of the molecule is CC(C)c1nc(N)c2cn(C)c(C(=O)O)c2n1. The quantitative estimate of drug-likeness (QED) is 0.818. The van der Waals surface area contributed by atoms with Crippen LogP contribution < -0.4 is 5.73 Å². The van der Waals surface area contributed by atoms with Crippen molar-refractivity contribution in [1.82, 2.24) is 14.5 Å². The van der Waals surface area contributed by atoms with Crippen LogP contribution in [-0.4, -0.2) is 25.6 Å². The highest BCUT2D eigenvalue weighted by Crippen LogP contribution is 2.25. The predicted octanol–water partition coefficient (Wildman–Crippen LogP) is 1.37. The van der Waals surface area contributed by atoms with Gasteiger partial charge in [-0.15, -0.1) is 0 Å². The Hall–Kier alpha value is -2.11. The van der Waals surface area contributed by atoms with E-state index in [0.717, 1.165) is 0 Å². The summed E-state index contributed by atoms with van der Waals surface area (Å²) < 4.78 is 1.50. The van der Waals surface area contributed by atoms with Crippen molar-refractivity contribution in [2.45, 2.75) is 19.8 Å². The van der Waals surface area contributed by atoms with Crippen LogP contribution in [0.2, 0.25) is 0 Å². The van der Waals surface area contributed by atoms with E-state index in [1.165, 1.54) is 4.57 Å². The Kier molecular flexibility index (Phi) is 2.49. The topological polar surface area (TPSA) is 94.0 Å². The molecule has 0 aliphatic carbocycles. The van der Waals surface area contributed by atoms with Crippen molar-refractivity contribution in [2.24, 2.45) is 7.05 Å². The number of nitrogen functional groups attached to an aromatic ring is 1. The van der Waals surface area contributed by atoms with Crippen molar-refractivity contribution in [3.05, 3.63) is 17.7 Å². The fraction of sp³-hybridized carbons (Fsp3) is 0.364. The summed E-state index contributed by atoms with van der Waals surface area (Å²) >= 11 is 0. The van der Waals surface area contributed by atoms with Crippen molar-refractivity contribution in [2.75, 3.05) is 5.73 Å². The molecule has 2 aromatic heterocycles. The monoisotopic (exact) mass is 234 g/mol. The maximum Gasteiger partial charge on any atom is 0.354 e. The number of aromatic carboxylic acids is 1. The molecule has 90 valence electrons. The molecule has 6 nitrogen and oxygen atoms in total. The Morgan fingerprint density at radius 3 is 2.65 bits per heavy atom. The number of anilines is 1. The Morgan fingerprint density at radius 1 is 1.47 bits per heavy atom. The second kappa shape index (κ2) is 3.73. The number of fused-ring (bicyclic) bond motifs is 1. The van der Waals surface area contributed by atoms with Gasteiger partial charge >= 0.3 is 5.97 Å². The lowest BCUT2D eigenvalue weighted by atomic mass is 10.2. The zero-order valence-electron chi connectivity index (χ0n) is 9.93. The first kappa shape index (κ1) is 11.4. The van der Waals surface area contributed by atoms with Crippen LogP contribution in [0.25, 0.3) is 10.9 Å². The zero-order valence-corrected chi connectivity index (χ0v) is 9.93. The molecule has 6 heteroatoms. The normalized spacial score (nSPS) is 11.3. The fourth-order valence-electron chi connectivity index (χ4n) is 1.75. The van der Waals surface area contributed by atoms with E-state index in [4.69, 9.17) is 10.8 Å². The highest BCUT2D eigenvalue weighted by atomic mass is 16.4. The third-order valence-electron chi connectivity index (χ3n) is 2.61. The average Bonchev–Trinajstić information content (AvgIpc) is 2.54. The number of nitrogens with zero attached hydrogens (tertiary/aromatic N) is 3. The molecule has 2 rings (SSSR count). The summed E-state index contributed by atoms with van der Waals surface area (Å²) in [7, 11) is 1.65. The van der Waals surface area contributed by atoms with Crippen LogP contribution in [0.15, 0.2) is 6.20 Å². The van der Waals surface area contributed by atoms with Crippen LogP contribution in [0.1, 0.15) is 36.1 Å². The number of carboxylic acids is 1. The molecule has 0 saturated carbocycles. The first-order valence-electron chi connectivity index (χ1n) is 5.27. The molecule has 0 bridgehead atoms. The third kappa shape index (κ3) is 1.71. The molecule has 17 heavy (non-hydrogen) atoms. The second-order valence-electron chi connectivity index (χ2n) is 4.28. The summed E-state index contributed by atoms with van der Waals surface area (Å²) in [6.07, 6.45) is 1.64. The summed E-state index contributed by atoms with van der Waals surface area (Å²) in [4.78, 5) is 19.6. The van der Waals surface area contributed by atoms with Crippen LogP contribution in [0.5, 0.6) is 0 Å². The number of carbonyl (C=O) groups is 1. The van der Waals surface area contributed by atoms with E-state index in [-0.39, 0.29) is 11.6 Å². The molecule has 0 unspecified atom stereocenters. The first-order valence-corrected chi connectivity index (χ1v) is 5.27. The highest BCUT2D eigenvalue weighted by molar-refractivity contribution is 6.03. The molecular formula is C11H14N4O2. The van der Waals surface area contributed by atoms with Crippen LogP contribution >= 0.6 is 0 Å². The van der Waals surface area contributed by atoms with E-state index in [2.05, 4.69) is 9.97 Å². The highest BCUT2D eigenvalue weighted by Gasteiger charge is 2.19. The van der Waals surface area contributed by atoms with Crippen molar-refractivity contribution in [3.8, 4) is 0 Å². The van der Waals surface area contributed by atoms with E-state index in [1.54, 1.807) is 13.2 Å². The molecule has 0 saturated heterocycles. The average molecular weight is 234 g/mol. The second-order valence-corrected chi connectivity index (χ2v) is 4.28. The molecule has 0 aliphatic heterocycles. The smallest absolute Gasteiger partial charge is 0.354 e. The molecule has 0 spiro atoms. The number of carboxylic acid groups (broad SMARTS) is 1. The minimum atomic E-state index is -1.02. The lowest BCUT2D eigenvalue weighted by Gasteiger charge is -2.05. The van der Waals surface area contributed by atoms with Crippen molar-refractivity contribution in [3.63, 3.8) is 0 Å². The number of nitrogens with two attached hydrogens (primary N) is 1. The molecular weight excluding hydrogens is 220 g/mol. The third-order valence-corrected chi connectivity index (χ3v) is 2.61. The summed E-state index contributed by atoms with van der Waals surface area (Å²) in [5.41, 5.74) is 6.35. The van der Waals surface area contributed by atoms with Gasteiger partial charge in [0.2, 0.25) is 0 Å². The van der Waals surface area contributed by atoms with Gasteiger partial charge in [-0.3, -0.25) is 0 Å². The minimum Gasteiger partial charge on any atom is -0.477 e. The van der Waals surface area contributed by atoms with Gasteiger partial charge in [0.25, 0.3) is 0 Å². The standard InChI is InChI=1S/C11H14N4O2/c1-5(2)10-13-7-6(9(12)14-10)4-15(3)8(7)11(16)17/h4-5H,1-3H3,(H,16,17)(H2,12,13,14). The van der Waals surface area contributed by atoms with E-state index in [1.807, 2.05) is 13.8 Å². The van der Waals surface area contributed by atoms with Crippen molar-refractivity contribution in [1.29, 1.82) is 0 Å². The van der Waals surface area contributed by atoms with Crippen LogP contribution in [-0.2, 0) is 7.05 Å². The van der Waals surface area contributed by atoms with Gasteiger partial charge in [-0.2, -0.15) is 0 Å². The number of aromatic nitrogens is 3. The van der Waals surface area contributed by atoms with Gasteiger partial charge in [0, 0.05) is 19.2 Å². The van der Waals surface area contributed by atoms with Gasteiger partial charge < -0.3 is 15.4 Å². The Bertz CT molecular complexity index is 601. The molecule has 0 atom stereocenters. The van der Waals surface area contributed by atoms with Crippen LogP contribution in [0.3, 0.4) is 0 Å². The number of hydrogen-bond acceptors (Lipinski definition) is 4. The van der Waals surface area contributed by atoms with Crippen molar-refractivity contribution < 1.29 is 9.90 Å². The summed E-state index contributed by atoms with van der Waals surface area (Å²) in [5, 5.41) is 9.73. The van der Waals surface area contributed by atoms with Gasteiger partial charge in [-0.05, 0) is 0 Å². The molecule has 0 aromatic carbocycles. The maximum atomic E-state index is 11.2. The van der Waals surface area contributed by atoms with Crippen LogP contribution in [0, 0.1) is 0 Å². The predicted molar refractivity (Wildman–Crippen MR) is 64.0 cm³/mol. The van der Waals surface area contributed by atoms with Gasteiger partial charge in [0.1, 0.15) is 17.2 Å². The Morgan fingerprint density at radius 2 is 2.12 bits per heavy atom. The molecule has 0 aliphatic rings. The van der Waals surface area contributed by atoms with Gasteiger partial charge in [0.05, 0.1) is 5.39 Å². The van der Waals surface area contributed by atoms with Gasteiger partial charge in [0.15, 0.2) is 5.69 Å². The molecule has 0 amide bonds. The number of aryl methyl sites for hydroxylation is 1. The minimum absolute atomic E-state index is 0.101. The number of hydrogen-bond donors (Lipinski definition) is 2. The lowest BCUT2D eigenvalue weighted by Crippen LogP contribution is -2.06. The van der Waals surface area contributed by atoms with E-state index >= 15 is 0 Å². The fourth-order valence-corrected chi connectivity index (χ4v) is 1.75. The first-order chi connectivity index (χ1) is 7.91. The Labute approximate surface area is 98.1 Å². The van der Waals surface area contributed by atoms with Gasteiger partial charge in [-0.25, -0.2) is 14.8 Å². The lowest BCUT2D eigenvalue weighted by molar-refractivity contribution is 0.0688. The maximum absolute atomic E-state index is 11.2. The Balaban J connectivity index is 2.84. The molecule has 0 fully saturated rings. The largest absolute Gasteiger partial charge is 0.477 e. The summed E-state index contributed by atoms with van der Waals surface area (Å²) in [6.45, 7) is 3.87. The zero-order chi connectivity index (χ0) is 12.7. The molecule has 3 N–H and O–H groups in total. The summed E-state index contributed by atoms with van der Waals surface area (Å²) in [6, 6.07) is 0. The van der Waals surface area contributed by atoms with Gasteiger partial charge in [-0.1, -0.05) is 13.8 Å². The van der Waals surface area contributed by atoms with E-state index in [9.17, 15) is 4.79 Å². The summed E-state index contributed by atoms with van der Waals surface area (Å²) in [5.74, 6) is -0.0376. The molecule has 0 radical (unpaired) electrons. The molecule has 2 heterocycles. The van der Waals surface area contributed by atoms with E-state index < -0.39 is 5.97 Å².